The molecule has 0 spiro atoms. The van der Waals surface area contributed by atoms with Gasteiger partial charge in [-0.25, -0.2) is 0 Å². The van der Waals surface area contributed by atoms with Crippen LogP contribution in [0.3, 0.4) is 0 Å². The second kappa shape index (κ2) is 8.87. The minimum Gasteiger partial charge on any atom is -0.459 e. The van der Waals surface area contributed by atoms with Crippen LogP contribution in [0.1, 0.15) is 21.7 Å². The van der Waals surface area contributed by atoms with Gasteiger partial charge in [0.15, 0.2) is 5.76 Å². The molecule has 0 aliphatic heterocycles. The van der Waals surface area contributed by atoms with Crippen LogP contribution in [0.15, 0.2) is 71.4 Å². The molecule has 0 unspecified atom stereocenters. The number of benzene rings is 2. The molecule has 0 aliphatic carbocycles. The lowest BCUT2D eigenvalue weighted by Gasteiger charge is -2.09. The summed E-state index contributed by atoms with van der Waals surface area (Å²) in [5, 5.41) is 4.77. The molecule has 0 saturated carbocycles. The molecule has 0 atom stereocenters. The summed E-state index contributed by atoms with van der Waals surface area (Å²) in [6.07, 6.45) is -0.888. The van der Waals surface area contributed by atoms with Crippen molar-refractivity contribution in [1.29, 1.82) is 0 Å². The van der Waals surface area contributed by atoms with E-state index in [2.05, 4.69) is 10.6 Å². The molecule has 2 amide bonds. The van der Waals surface area contributed by atoms with Gasteiger partial charge in [-0.15, -0.1) is 0 Å². The van der Waals surface area contributed by atoms with Gasteiger partial charge in [0.1, 0.15) is 0 Å². The topological polar surface area (TPSA) is 71.3 Å². The first kappa shape index (κ1) is 21.2. The third-order valence-electron chi connectivity index (χ3n) is 3.86. The molecule has 3 rings (SSSR count). The molecule has 0 aliphatic rings. The number of halogens is 4. The van der Waals surface area contributed by atoms with Crippen LogP contribution in [0, 0.1) is 0 Å². The summed E-state index contributed by atoms with van der Waals surface area (Å²) < 4.78 is 43.7. The second-order valence-electron chi connectivity index (χ2n) is 6.07. The van der Waals surface area contributed by atoms with Crippen molar-refractivity contribution in [2.24, 2.45) is 0 Å². The van der Waals surface area contributed by atoms with E-state index in [1.54, 1.807) is 24.3 Å². The lowest BCUT2D eigenvalue weighted by atomic mass is 10.1. The first-order valence-corrected chi connectivity index (χ1v) is 8.91. The van der Waals surface area contributed by atoms with E-state index in [1.165, 1.54) is 30.5 Å². The van der Waals surface area contributed by atoms with Gasteiger partial charge in [-0.05, 0) is 54.1 Å². The smallest absolute Gasteiger partial charge is 0.417 e. The number of amides is 2. The van der Waals surface area contributed by atoms with Crippen molar-refractivity contribution in [2.75, 3.05) is 10.6 Å². The van der Waals surface area contributed by atoms with Gasteiger partial charge in [-0.2, -0.15) is 13.2 Å². The Bertz CT molecular complexity index is 1090. The van der Waals surface area contributed by atoms with E-state index < -0.39 is 28.6 Å². The molecule has 3 aromatic rings. The van der Waals surface area contributed by atoms with Gasteiger partial charge in [-0.3, -0.25) is 9.59 Å². The Hall–Kier alpha value is -3.52. The highest BCUT2D eigenvalue weighted by Gasteiger charge is 2.33. The third-order valence-corrected chi connectivity index (χ3v) is 4.19. The lowest BCUT2D eigenvalue weighted by Crippen LogP contribution is -2.12. The van der Waals surface area contributed by atoms with Crippen molar-refractivity contribution < 1.29 is 27.2 Å². The number of furan rings is 1. The van der Waals surface area contributed by atoms with Gasteiger partial charge in [0.2, 0.25) is 5.91 Å². The zero-order valence-corrected chi connectivity index (χ0v) is 15.9. The number of carbonyl (C=O) groups excluding carboxylic acids is 2. The van der Waals surface area contributed by atoms with Crippen molar-refractivity contribution in [1.82, 2.24) is 0 Å². The fourth-order valence-electron chi connectivity index (χ4n) is 2.49. The Kier molecular flexibility index (Phi) is 6.27. The molecule has 1 aromatic heterocycles. The van der Waals surface area contributed by atoms with Gasteiger partial charge in [0.05, 0.1) is 16.8 Å². The number of anilines is 2. The minimum absolute atomic E-state index is 0.133. The molecule has 5 nitrogen and oxygen atoms in total. The molecule has 30 heavy (non-hydrogen) atoms. The summed E-state index contributed by atoms with van der Waals surface area (Å²) in [4.78, 5) is 24.1. The van der Waals surface area contributed by atoms with Crippen LogP contribution in [-0.2, 0) is 11.0 Å². The second-order valence-corrected chi connectivity index (χ2v) is 6.48. The number of alkyl halides is 3. The molecule has 2 aromatic carbocycles. The van der Waals surface area contributed by atoms with E-state index in [0.29, 0.717) is 11.4 Å². The Morgan fingerprint density at radius 2 is 1.70 bits per heavy atom. The number of hydrogen-bond acceptors (Lipinski definition) is 3. The fourth-order valence-corrected chi connectivity index (χ4v) is 2.72. The summed E-state index contributed by atoms with van der Waals surface area (Å²) in [5.41, 5.74) is -0.00672. The van der Waals surface area contributed by atoms with Gasteiger partial charge in [-0.1, -0.05) is 23.7 Å². The maximum Gasteiger partial charge on any atom is 0.417 e. The summed E-state index contributed by atoms with van der Waals surface area (Å²) in [5.74, 6) is -0.881. The summed E-state index contributed by atoms with van der Waals surface area (Å²) in [7, 11) is 0. The standard InChI is InChI=1S/C21H14ClF3N2O3/c22-17-8-6-13(11-16(17)21(23,24)25)7-9-19(28)26-14-3-1-4-15(12-14)27-20(29)18-5-2-10-30-18/h1-12H,(H,26,28)(H,27,29)/b9-7+. The van der Waals surface area contributed by atoms with Crippen LogP contribution >= 0.6 is 11.6 Å². The van der Waals surface area contributed by atoms with Gasteiger partial charge >= 0.3 is 6.18 Å². The highest BCUT2D eigenvalue weighted by Crippen LogP contribution is 2.35. The Morgan fingerprint density at radius 3 is 2.37 bits per heavy atom. The van der Waals surface area contributed by atoms with E-state index in [4.69, 9.17) is 16.0 Å². The minimum atomic E-state index is -4.59. The highest BCUT2D eigenvalue weighted by atomic mass is 35.5. The van der Waals surface area contributed by atoms with Gasteiger partial charge in [0.25, 0.3) is 5.91 Å². The summed E-state index contributed by atoms with van der Waals surface area (Å²) >= 11 is 5.58. The fraction of sp³-hybridized carbons (Fsp3) is 0.0476. The van der Waals surface area contributed by atoms with Crippen molar-refractivity contribution in [3.63, 3.8) is 0 Å². The normalized spacial score (nSPS) is 11.5. The Balaban J connectivity index is 1.66. The van der Waals surface area contributed by atoms with E-state index in [9.17, 15) is 22.8 Å². The van der Waals surface area contributed by atoms with Crippen LogP contribution in [0.2, 0.25) is 5.02 Å². The van der Waals surface area contributed by atoms with E-state index in [0.717, 1.165) is 18.2 Å². The van der Waals surface area contributed by atoms with Crippen molar-refractivity contribution >= 4 is 40.9 Å². The van der Waals surface area contributed by atoms with Crippen LogP contribution in [0.5, 0.6) is 0 Å². The summed E-state index contributed by atoms with van der Waals surface area (Å²) in [6, 6.07) is 12.8. The number of rotatable bonds is 5. The largest absolute Gasteiger partial charge is 0.459 e. The molecule has 2 N–H and O–H groups in total. The maximum absolute atomic E-state index is 12.9. The molecule has 0 radical (unpaired) electrons. The molecule has 0 saturated heterocycles. The molecular weight excluding hydrogens is 421 g/mol. The van der Waals surface area contributed by atoms with Crippen molar-refractivity contribution in [3.8, 4) is 0 Å². The zero-order chi connectivity index (χ0) is 21.7. The molecule has 0 fully saturated rings. The van der Waals surface area contributed by atoms with E-state index in [1.807, 2.05) is 0 Å². The molecule has 0 bridgehead atoms. The predicted molar refractivity (Wildman–Crippen MR) is 107 cm³/mol. The highest BCUT2D eigenvalue weighted by molar-refractivity contribution is 6.31. The molecule has 9 heteroatoms. The number of hydrogen-bond donors (Lipinski definition) is 2. The SMILES string of the molecule is O=C(/C=C/c1ccc(Cl)c(C(F)(F)F)c1)Nc1cccc(NC(=O)c2ccco2)c1. The van der Waals surface area contributed by atoms with Gasteiger partial charge < -0.3 is 15.1 Å². The summed E-state index contributed by atoms with van der Waals surface area (Å²) in [6.45, 7) is 0. The van der Waals surface area contributed by atoms with Gasteiger partial charge in [0, 0.05) is 17.5 Å². The molecular formula is C21H14ClF3N2O3. The lowest BCUT2D eigenvalue weighted by molar-refractivity contribution is -0.137. The zero-order valence-electron chi connectivity index (χ0n) is 15.2. The first-order chi connectivity index (χ1) is 14.2. The van der Waals surface area contributed by atoms with Crippen LogP contribution in [0.25, 0.3) is 6.08 Å². The Labute approximate surface area is 174 Å². The van der Waals surface area contributed by atoms with Crippen molar-refractivity contribution in [3.05, 3.63) is 88.8 Å². The van der Waals surface area contributed by atoms with Crippen LogP contribution < -0.4 is 10.6 Å². The number of carbonyl (C=O) groups is 2. The third kappa shape index (κ3) is 5.51. The maximum atomic E-state index is 12.9. The Morgan fingerprint density at radius 1 is 0.967 bits per heavy atom. The van der Waals surface area contributed by atoms with Crippen molar-refractivity contribution in [2.45, 2.75) is 6.18 Å². The quantitative estimate of drug-likeness (QED) is 0.494. The van der Waals surface area contributed by atoms with Crippen LogP contribution in [-0.4, -0.2) is 11.8 Å². The van der Waals surface area contributed by atoms with E-state index >= 15 is 0 Å². The monoisotopic (exact) mass is 434 g/mol. The van der Waals surface area contributed by atoms with E-state index in [-0.39, 0.29) is 11.3 Å². The molecule has 154 valence electrons. The number of nitrogens with one attached hydrogen (secondary N) is 2. The first-order valence-electron chi connectivity index (χ1n) is 8.53. The van der Waals surface area contributed by atoms with Crippen LogP contribution in [0.4, 0.5) is 24.5 Å². The predicted octanol–water partition coefficient (Wildman–Crippen LogP) is 5.86. The average molecular weight is 435 g/mol. The average Bonchev–Trinajstić information content (AvgIpc) is 3.22. The molecule has 1 heterocycles.